The van der Waals surface area contributed by atoms with Crippen LogP contribution in [0.5, 0.6) is 0 Å². The predicted molar refractivity (Wildman–Crippen MR) is 59.0 cm³/mol. The third kappa shape index (κ3) is 8.23. The fourth-order valence-corrected chi connectivity index (χ4v) is 1.74. The maximum Gasteiger partial charge on any atom is 0.0517 e. The van der Waals surface area contributed by atoms with Gasteiger partial charge in [0, 0.05) is 47.6 Å². The van der Waals surface area contributed by atoms with Crippen molar-refractivity contribution in [3.63, 3.8) is 0 Å². The van der Waals surface area contributed by atoms with Crippen LogP contribution in [0.1, 0.15) is 20.3 Å². The average Bonchev–Trinajstić information content (AvgIpc) is 2.10. The Bertz CT molecular complexity index is 186. The molecule has 2 unspecified atom stereocenters. The van der Waals surface area contributed by atoms with Crippen molar-refractivity contribution in [2.75, 3.05) is 0 Å². The Kier molecular flexibility index (Phi) is 14.5. The summed E-state index contributed by atoms with van der Waals surface area (Å²) in [5, 5.41) is 0. The summed E-state index contributed by atoms with van der Waals surface area (Å²) in [6.07, 6.45) is 2.46. The molecule has 71 valence electrons. The smallest absolute Gasteiger partial charge is 0.0517 e. The van der Waals surface area contributed by atoms with Crippen molar-refractivity contribution < 1.29 is 37.2 Å². The van der Waals surface area contributed by atoms with Gasteiger partial charge in [-0.3, -0.25) is 0 Å². The molecule has 0 aromatic heterocycles. The van der Waals surface area contributed by atoms with E-state index in [0.29, 0.717) is 14.4 Å². The number of hydrogen-bond acceptors (Lipinski definition) is 1. The molecule has 0 aromatic carbocycles. The first-order chi connectivity index (χ1) is 5.76. The Morgan fingerprint density at radius 2 is 2.31 bits per heavy atom. The molecule has 0 spiro atoms. The predicted octanol–water partition coefficient (Wildman–Crippen LogP) is 2.79. The van der Waals surface area contributed by atoms with Crippen LogP contribution >= 0.6 is 17.4 Å². The van der Waals surface area contributed by atoms with Gasteiger partial charge in [-0.1, -0.05) is 15.9 Å². The van der Waals surface area contributed by atoms with Crippen LogP contribution in [0, 0.1) is 24.3 Å². The van der Waals surface area contributed by atoms with Crippen molar-refractivity contribution >= 4 is 17.4 Å². The van der Waals surface area contributed by atoms with Crippen molar-refractivity contribution in [2.45, 2.75) is 26.4 Å². The van der Waals surface area contributed by atoms with Gasteiger partial charge < -0.3 is 11.1 Å². The zero-order chi connectivity index (χ0) is 9.40. The fraction of sp³-hybridized carbons (Fsp3) is 0.556. The summed E-state index contributed by atoms with van der Waals surface area (Å²) in [6, 6.07) is 0. The van der Waals surface area contributed by atoms with Gasteiger partial charge in [0.2, 0.25) is 0 Å². The summed E-state index contributed by atoms with van der Waals surface area (Å²) >= 11 is 0. The van der Waals surface area contributed by atoms with Crippen LogP contribution in [0.2, 0.25) is 0 Å². The largest absolute Gasteiger partial charge is 0.515 e. The van der Waals surface area contributed by atoms with E-state index in [-0.39, 0.29) is 38.8 Å². The van der Waals surface area contributed by atoms with E-state index in [2.05, 4.69) is 27.7 Å². The second-order valence-corrected chi connectivity index (χ2v) is 3.68. The molecular weight excluding hydrogens is 275 g/mol. The summed E-state index contributed by atoms with van der Waals surface area (Å²) in [7, 11) is 2.94. The molecule has 0 N–H and O–H groups in total. The Morgan fingerprint density at radius 3 is 2.69 bits per heavy atom. The molecule has 0 saturated carbocycles. The first kappa shape index (κ1) is 16.6. The van der Waals surface area contributed by atoms with E-state index >= 15 is 0 Å². The summed E-state index contributed by atoms with van der Waals surface area (Å²) in [5.41, 5.74) is 0. The van der Waals surface area contributed by atoms with Gasteiger partial charge in [-0.15, -0.1) is 11.8 Å². The zero-order valence-electron chi connectivity index (χ0n) is 8.08. The van der Waals surface area contributed by atoms with E-state index in [1.807, 2.05) is 6.92 Å². The van der Waals surface area contributed by atoms with Gasteiger partial charge in [0.25, 0.3) is 0 Å². The standard InChI is InChI=1S/C9H15OP2.Y/c1-4-6-7-8(3)9(5-2)10-12-11;/h2,5,8-9,12H,7,11H2,1,3H3;/q-1;/t8-,9+;/m0./s1. The van der Waals surface area contributed by atoms with Crippen molar-refractivity contribution in [1.82, 2.24) is 0 Å². The van der Waals surface area contributed by atoms with Gasteiger partial charge in [-0.25, -0.2) is 6.08 Å². The van der Waals surface area contributed by atoms with E-state index in [9.17, 15) is 0 Å². The molecule has 1 radical (unpaired) electrons. The van der Waals surface area contributed by atoms with Gasteiger partial charge in [-0.2, -0.15) is 0 Å². The van der Waals surface area contributed by atoms with E-state index in [0.717, 1.165) is 6.42 Å². The van der Waals surface area contributed by atoms with Gasteiger partial charge in [0.1, 0.15) is 0 Å². The third-order valence-corrected chi connectivity index (χ3v) is 2.37. The molecule has 0 aliphatic carbocycles. The van der Waals surface area contributed by atoms with Crippen molar-refractivity contribution in [3.8, 4) is 11.8 Å². The van der Waals surface area contributed by atoms with Crippen molar-refractivity contribution in [3.05, 3.63) is 12.7 Å². The quantitative estimate of drug-likeness (QED) is 0.430. The van der Waals surface area contributed by atoms with Crippen LogP contribution in [0.4, 0.5) is 0 Å². The molecule has 0 aromatic rings. The van der Waals surface area contributed by atoms with Gasteiger partial charge in [0.05, 0.1) is 6.10 Å². The van der Waals surface area contributed by atoms with Gasteiger partial charge >= 0.3 is 0 Å². The molecule has 0 heterocycles. The SMILES string of the molecule is [CH-]=C[C@@H](OPP)[C@@H](C)CC#CC.[Y]. The zero-order valence-corrected chi connectivity index (χ0v) is 13.1. The van der Waals surface area contributed by atoms with Crippen LogP contribution in [0.3, 0.4) is 0 Å². The maximum atomic E-state index is 5.43. The number of rotatable bonds is 5. The average molecular weight is 290 g/mol. The third-order valence-electron chi connectivity index (χ3n) is 1.56. The van der Waals surface area contributed by atoms with Crippen molar-refractivity contribution in [2.24, 2.45) is 5.92 Å². The molecule has 0 bridgehead atoms. The van der Waals surface area contributed by atoms with E-state index < -0.39 is 0 Å². The Balaban J connectivity index is 0. The molecule has 0 saturated heterocycles. The van der Waals surface area contributed by atoms with Crippen LogP contribution < -0.4 is 0 Å². The van der Waals surface area contributed by atoms with Crippen LogP contribution in [-0.2, 0) is 37.2 Å². The first-order valence-electron chi connectivity index (χ1n) is 3.82. The topological polar surface area (TPSA) is 9.23 Å². The summed E-state index contributed by atoms with van der Waals surface area (Å²) in [4.78, 5) is 0. The molecule has 0 rings (SSSR count). The normalized spacial score (nSPS) is 14.1. The monoisotopic (exact) mass is 290 g/mol. The minimum absolute atomic E-state index is 0. The molecule has 4 heteroatoms. The molecule has 13 heavy (non-hydrogen) atoms. The van der Waals surface area contributed by atoms with Crippen LogP contribution in [0.15, 0.2) is 6.08 Å². The minimum Gasteiger partial charge on any atom is -0.515 e. The Hall–Kier alpha value is 1.22. The van der Waals surface area contributed by atoms with E-state index in [4.69, 9.17) is 11.1 Å². The molecular formula is C9H15OP2Y-. The molecule has 4 atom stereocenters. The molecule has 1 nitrogen and oxygen atoms in total. The number of hydrogen-bond donors (Lipinski definition) is 0. The van der Waals surface area contributed by atoms with E-state index in [1.165, 1.54) is 0 Å². The minimum atomic E-state index is 0. The van der Waals surface area contributed by atoms with Gasteiger partial charge in [0.15, 0.2) is 0 Å². The van der Waals surface area contributed by atoms with Crippen LogP contribution in [0.25, 0.3) is 0 Å². The molecule has 0 aliphatic heterocycles. The molecule has 0 aliphatic rings. The molecule has 0 amide bonds. The van der Waals surface area contributed by atoms with Crippen LogP contribution in [-0.4, -0.2) is 6.10 Å². The first-order valence-corrected chi connectivity index (χ1v) is 6.54. The second-order valence-electron chi connectivity index (χ2n) is 2.50. The summed E-state index contributed by atoms with van der Waals surface area (Å²) in [5.74, 6) is 6.24. The second kappa shape index (κ2) is 11.3. The Morgan fingerprint density at radius 1 is 1.69 bits per heavy atom. The summed E-state index contributed by atoms with van der Waals surface area (Å²) in [6.45, 7) is 9.35. The van der Waals surface area contributed by atoms with Crippen molar-refractivity contribution in [1.29, 1.82) is 0 Å². The van der Waals surface area contributed by atoms with Gasteiger partial charge in [-0.05, 0) is 12.8 Å². The van der Waals surface area contributed by atoms with E-state index in [1.54, 1.807) is 6.08 Å². The Labute approximate surface area is 111 Å². The fourth-order valence-electron chi connectivity index (χ4n) is 0.803. The maximum absolute atomic E-state index is 5.43. The summed E-state index contributed by atoms with van der Waals surface area (Å²) < 4.78 is 5.39. The molecule has 0 fully saturated rings.